The highest BCUT2D eigenvalue weighted by atomic mass is 16.3. The van der Waals surface area contributed by atoms with E-state index >= 15 is 0 Å². The van der Waals surface area contributed by atoms with Crippen molar-refractivity contribution >= 4 is 0 Å². The second-order valence-electron chi connectivity index (χ2n) is 5.20. The average molecular weight is 213 g/mol. The first-order chi connectivity index (χ1) is 7.02. The van der Waals surface area contributed by atoms with Crippen molar-refractivity contribution in [3.05, 3.63) is 6.42 Å². The molecule has 1 N–H and O–H groups in total. The summed E-state index contributed by atoms with van der Waals surface area (Å²) in [4.78, 5) is 0. The van der Waals surface area contributed by atoms with Crippen LogP contribution in [-0.4, -0.2) is 10.7 Å². The molecule has 0 spiro atoms. The summed E-state index contributed by atoms with van der Waals surface area (Å²) in [5.41, 5.74) is -0.434. The minimum atomic E-state index is -0.434. The molecule has 0 fully saturated rings. The Labute approximate surface area is 96.3 Å². The molecule has 2 atom stereocenters. The molecule has 1 nitrogen and oxygen atoms in total. The minimum absolute atomic E-state index is 0.434. The molecule has 0 saturated heterocycles. The molecule has 0 aliphatic rings. The summed E-state index contributed by atoms with van der Waals surface area (Å²) < 4.78 is 0. The Hall–Kier alpha value is -0.0400. The van der Waals surface area contributed by atoms with Gasteiger partial charge in [-0.1, -0.05) is 39.5 Å². The smallest absolute Gasteiger partial charge is 0.0618 e. The Bertz CT molecular complexity index is 140. The highest BCUT2D eigenvalue weighted by Crippen LogP contribution is 2.22. The summed E-state index contributed by atoms with van der Waals surface area (Å²) in [5.74, 6) is 0.810. The van der Waals surface area contributed by atoms with Crippen LogP contribution in [0.4, 0.5) is 0 Å². The molecule has 0 radical (unpaired) electrons. The van der Waals surface area contributed by atoms with Crippen LogP contribution < -0.4 is 0 Å². The largest absolute Gasteiger partial charge is 0.390 e. The fourth-order valence-corrected chi connectivity index (χ4v) is 1.85. The Morgan fingerprint density at radius 2 is 1.87 bits per heavy atom. The second-order valence-corrected chi connectivity index (χ2v) is 5.20. The van der Waals surface area contributed by atoms with Crippen molar-refractivity contribution in [2.75, 3.05) is 0 Å². The Morgan fingerprint density at radius 3 is 2.40 bits per heavy atom. The van der Waals surface area contributed by atoms with Gasteiger partial charge in [-0.05, 0) is 25.7 Å². The second kappa shape index (κ2) is 8.15. The van der Waals surface area contributed by atoms with E-state index in [1.54, 1.807) is 0 Å². The summed E-state index contributed by atoms with van der Waals surface area (Å²) in [6.07, 6.45) is 10.00. The topological polar surface area (TPSA) is 20.2 Å². The molecule has 0 saturated carbocycles. The van der Waals surface area contributed by atoms with E-state index in [9.17, 15) is 5.11 Å². The quantitative estimate of drug-likeness (QED) is 0.446. The number of unbranched alkanes of at least 4 members (excludes halogenated alkanes) is 2. The van der Waals surface area contributed by atoms with Crippen LogP contribution in [0.5, 0.6) is 0 Å². The minimum Gasteiger partial charge on any atom is -0.390 e. The lowest BCUT2D eigenvalue weighted by Crippen LogP contribution is -2.23. The number of aliphatic hydroxyl groups is 1. The maximum absolute atomic E-state index is 10.1. The van der Waals surface area contributed by atoms with Crippen molar-refractivity contribution in [2.45, 2.75) is 78.2 Å². The predicted molar refractivity (Wildman–Crippen MR) is 67.8 cm³/mol. The van der Waals surface area contributed by atoms with Crippen molar-refractivity contribution in [2.24, 2.45) is 5.92 Å². The summed E-state index contributed by atoms with van der Waals surface area (Å²) in [6, 6.07) is 0. The molecule has 0 aliphatic heterocycles. The van der Waals surface area contributed by atoms with Crippen molar-refractivity contribution in [3.63, 3.8) is 0 Å². The van der Waals surface area contributed by atoms with Crippen LogP contribution in [0.25, 0.3) is 0 Å². The SMILES string of the molecule is C[CH-]CCCC(C)(O)CCCC(C)CC. The van der Waals surface area contributed by atoms with Gasteiger partial charge in [0.15, 0.2) is 0 Å². The van der Waals surface area contributed by atoms with E-state index in [2.05, 4.69) is 27.2 Å². The van der Waals surface area contributed by atoms with Crippen molar-refractivity contribution in [3.8, 4) is 0 Å². The summed E-state index contributed by atoms with van der Waals surface area (Å²) >= 11 is 0. The summed E-state index contributed by atoms with van der Waals surface area (Å²) in [6.45, 7) is 8.59. The van der Waals surface area contributed by atoms with Crippen molar-refractivity contribution in [1.82, 2.24) is 0 Å². The fourth-order valence-electron chi connectivity index (χ4n) is 1.85. The monoisotopic (exact) mass is 213 g/mol. The number of rotatable bonds is 9. The van der Waals surface area contributed by atoms with Gasteiger partial charge in [0.25, 0.3) is 0 Å². The van der Waals surface area contributed by atoms with Gasteiger partial charge in [-0.25, -0.2) is 0 Å². The van der Waals surface area contributed by atoms with Gasteiger partial charge in [-0.2, -0.15) is 13.3 Å². The molecule has 1 heteroatoms. The van der Waals surface area contributed by atoms with Gasteiger partial charge >= 0.3 is 0 Å². The van der Waals surface area contributed by atoms with E-state index in [-0.39, 0.29) is 0 Å². The Balaban J connectivity index is 3.54. The standard InChI is InChI=1S/C14H29O/c1-5-7-8-11-14(4,15)12-9-10-13(3)6-2/h5,13,15H,6-12H2,1-4H3/q-1. The number of hydrogen-bond donors (Lipinski definition) is 1. The van der Waals surface area contributed by atoms with Crippen LogP contribution in [0.2, 0.25) is 0 Å². The van der Waals surface area contributed by atoms with Crippen LogP contribution in [-0.2, 0) is 0 Å². The zero-order chi connectivity index (χ0) is 11.7. The summed E-state index contributed by atoms with van der Waals surface area (Å²) in [5, 5.41) is 10.1. The maximum Gasteiger partial charge on any atom is 0.0618 e. The normalized spacial score (nSPS) is 17.4. The van der Waals surface area contributed by atoms with E-state index in [0.29, 0.717) is 0 Å². The Kier molecular flexibility index (Phi) is 8.13. The highest BCUT2D eigenvalue weighted by Gasteiger charge is 2.18. The molecule has 0 aromatic carbocycles. The van der Waals surface area contributed by atoms with E-state index in [4.69, 9.17) is 0 Å². The fraction of sp³-hybridized carbons (Fsp3) is 0.929. The molecule has 0 aromatic rings. The van der Waals surface area contributed by atoms with Gasteiger partial charge in [0, 0.05) is 0 Å². The maximum atomic E-state index is 10.1. The molecule has 92 valence electrons. The van der Waals surface area contributed by atoms with Crippen LogP contribution >= 0.6 is 0 Å². The lowest BCUT2D eigenvalue weighted by atomic mass is 9.90. The molecule has 0 aromatic heterocycles. The van der Waals surface area contributed by atoms with Gasteiger partial charge in [0.05, 0.1) is 5.60 Å². The van der Waals surface area contributed by atoms with Gasteiger partial charge < -0.3 is 11.5 Å². The Morgan fingerprint density at radius 1 is 1.27 bits per heavy atom. The van der Waals surface area contributed by atoms with Crippen LogP contribution in [0.1, 0.15) is 72.6 Å². The van der Waals surface area contributed by atoms with Crippen LogP contribution in [0.15, 0.2) is 0 Å². The summed E-state index contributed by atoms with van der Waals surface area (Å²) in [7, 11) is 0. The van der Waals surface area contributed by atoms with Gasteiger partial charge in [-0.3, -0.25) is 0 Å². The molecule has 0 heterocycles. The van der Waals surface area contributed by atoms with E-state index in [1.165, 1.54) is 12.8 Å². The molecule has 0 aliphatic carbocycles. The number of hydrogen-bond acceptors (Lipinski definition) is 1. The third-order valence-corrected chi connectivity index (χ3v) is 3.32. The predicted octanol–water partition coefficient (Wildman–Crippen LogP) is 4.35. The van der Waals surface area contributed by atoms with E-state index < -0.39 is 5.60 Å². The molecule has 0 rings (SSSR count). The first-order valence-corrected chi connectivity index (χ1v) is 6.52. The first-order valence-electron chi connectivity index (χ1n) is 6.52. The molecule has 0 amide bonds. The van der Waals surface area contributed by atoms with Crippen molar-refractivity contribution in [1.29, 1.82) is 0 Å². The van der Waals surface area contributed by atoms with E-state index in [0.717, 1.165) is 38.0 Å². The van der Waals surface area contributed by atoms with Crippen LogP contribution in [0.3, 0.4) is 0 Å². The van der Waals surface area contributed by atoms with Crippen molar-refractivity contribution < 1.29 is 5.11 Å². The molecule has 15 heavy (non-hydrogen) atoms. The molecule has 0 bridgehead atoms. The van der Waals surface area contributed by atoms with Gasteiger partial charge in [0.2, 0.25) is 0 Å². The lowest BCUT2D eigenvalue weighted by Gasteiger charge is -2.24. The van der Waals surface area contributed by atoms with Gasteiger partial charge in [-0.15, -0.1) is 0 Å². The molecular weight excluding hydrogens is 184 g/mol. The third-order valence-electron chi connectivity index (χ3n) is 3.32. The zero-order valence-corrected chi connectivity index (χ0v) is 11.1. The first kappa shape index (κ1) is 15.0. The van der Waals surface area contributed by atoms with Crippen LogP contribution in [0, 0.1) is 12.3 Å². The average Bonchev–Trinajstić information content (AvgIpc) is 2.17. The molecular formula is C14H29O-. The van der Waals surface area contributed by atoms with Gasteiger partial charge in [0.1, 0.15) is 0 Å². The molecule has 2 unspecified atom stereocenters. The third kappa shape index (κ3) is 8.92. The highest BCUT2D eigenvalue weighted by molar-refractivity contribution is 4.74. The zero-order valence-electron chi connectivity index (χ0n) is 11.1. The van der Waals surface area contributed by atoms with E-state index in [1.807, 2.05) is 6.92 Å². The lowest BCUT2D eigenvalue weighted by molar-refractivity contribution is 0.0365.